The molecular formula is C17H23NO2. The number of hydrogen-bond acceptors (Lipinski definition) is 2. The van der Waals surface area contributed by atoms with E-state index in [0.29, 0.717) is 6.42 Å². The van der Waals surface area contributed by atoms with Crippen LogP contribution in [-0.4, -0.2) is 29.0 Å². The summed E-state index contributed by atoms with van der Waals surface area (Å²) < 4.78 is 0. The zero-order chi connectivity index (χ0) is 15.1. The topological polar surface area (TPSA) is 40.5 Å². The largest absolute Gasteiger partial charge is 0.386 e. The van der Waals surface area contributed by atoms with E-state index in [9.17, 15) is 9.90 Å². The molecular weight excluding hydrogens is 250 g/mol. The summed E-state index contributed by atoms with van der Waals surface area (Å²) in [5, 5.41) is 10.3. The van der Waals surface area contributed by atoms with Crippen molar-refractivity contribution in [2.45, 2.75) is 39.3 Å². The number of likely N-dealkylation sites (N-methyl/N-ethyl adjacent to an activating group) is 1. The molecule has 0 unspecified atom stereocenters. The lowest BCUT2D eigenvalue weighted by Gasteiger charge is -2.31. The van der Waals surface area contributed by atoms with E-state index in [1.165, 1.54) is 0 Å². The van der Waals surface area contributed by atoms with Crippen LogP contribution in [0.2, 0.25) is 0 Å². The van der Waals surface area contributed by atoms with Gasteiger partial charge in [0.05, 0.1) is 12.1 Å². The molecule has 108 valence electrons. The van der Waals surface area contributed by atoms with Gasteiger partial charge < -0.3 is 10.0 Å². The molecule has 3 atom stereocenters. The predicted molar refractivity (Wildman–Crippen MR) is 80.9 cm³/mol. The van der Waals surface area contributed by atoms with Crippen LogP contribution in [0.5, 0.6) is 0 Å². The fourth-order valence-corrected chi connectivity index (χ4v) is 2.03. The van der Waals surface area contributed by atoms with Gasteiger partial charge in [0.15, 0.2) is 0 Å². The molecule has 0 bridgehead atoms. The molecule has 1 amide bonds. The van der Waals surface area contributed by atoms with Crippen molar-refractivity contribution in [3.63, 3.8) is 0 Å². The van der Waals surface area contributed by atoms with Crippen LogP contribution >= 0.6 is 0 Å². The minimum Gasteiger partial charge on any atom is -0.386 e. The predicted octanol–water partition coefficient (Wildman–Crippen LogP) is 2.62. The summed E-state index contributed by atoms with van der Waals surface area (Å²) in [6.45, 7) is 5.49. The Morgan fingerprint density at radius 3 is 2.45 bits per heavy atom. The van der Waals surface area contributed by atoms with Gasteiger partial charge in [0.2, 0.25) is 5.91 Å². The summed E-state index contributed by atoms with van der Waals surface area (Å²) in [7, 11) is 1.73. The quantitative estimate of drug-likeness (QED) is 0.838. The molecule has 0 aliphatic carbocycles. The van der Waals surface area contributed by atoms with E-state index in [-0.39, 0.29) is 17.9 Å². The van der Waals surface area contributed by atoms with Crippen LogP contribution in [0.15, 0.2) is 30.3 Å². The van der Waals surface area contributed by atoms with Crippen LogP contribution in [-0.2, 0) is 4.79 Å². The van der Waals surface area contributed by atoms with Crippen molar-refractivity contribution in [2.75, 3.05) is 7.05 Å². The molecule has 1 aromatic carbocycles. The number of hydrogen-bond donors (Lipinski definition) is 1. The van der Waals surface area contributed by atoms with Gasteiger partial charge >= 0.3 is 0 Å². The maximum atomic E-state index is 12.3. The highest BCUT2D eigenvalue weighted by Crippen LogP contribution is 2.21. The molecule has 1 aromatic rings. The molecule has 3 heteroatoms. The average molecular weight is 273 g/mol. The number of aliphatic hydroxyl groups is 1. The fourth-order valence-electron chi connectivity index (χ4n) is 2.03. The summed E-state index contributed by atoms with van der Waals surface area (Å²) in [6.07, 6.45) is -0.136. The number of carbonyl (C=O) groups is 1. The molecule has 0 spiro atoms. The van der Waals surface area contributed by atoms with Crippen LogP contribution in [0.1, 0.15) is 38.9 Å². The molecule has 3 nitrogen and oxygen atoms in total. The van der Waals surface area contributed by atoms with Gasteiger partial charge in [0, 0.05) is 19.4 Å². The second-order valence-electron chi connectivity index (χ2n) is 5.08. The Kier molecular flexibility index (Phi) is 6.27. The first-order valence-corrected chi connectivity index (χ1v) is 6.88. The van der Waals surface area contributed by atoms with Crippen LogP contribution < -0.4 is 0 Å². The number of rotatable bonds is 5. The van der Waals surface area contributed by atoms with Crippen molar-refractivity contribution in [3.8, 4) is 11.8 Å². The van der Waals surface area contributed by atoms with Crippen LogP contribution in [0, 0.1) is 17.8 Å². The van der Waals surface area contributed by atoms with Gasteiger partial charge in [0.1, 0.15) is 0 Å². The Bertz CT molecular complexity index is 487. The first-order valence-electron chi connectivity index (χ1n) is 6.88. The average Bonchev–Trinajstić information content (AvgIpc) is 2.50. The molecule has 1 rings (SSSR count). The third-order valence-electron chi connectivity index (χ3n) is 3.56. The van der Waals surface area contributed by atoms with Crippen molar-refractivity contribution in [1.29, 1.82) is 0 Å². The van der Waals surface area contributed by atoms with E-state index in [2.05, 4.69) is 11.8 Å². The van der Waals surface area contributed by atoms with Gasteiger partial charge in [-0.05, 0) is 19.4 Å². The summed E-state index contributed by atoms with van der Waals surface area (Å²) in [6, 6.07) is 9.12. The van der Waals surface area contributed by atoms with E-state index in [1.54, 1.807) is 18.9 Å². The molecule has 0 radical (unpaired) electrons. The lowest BCUT2D eigenvalue weighted by atomic mass is 10.0. The Hall–Kier alpha value is -1.79. The fraction of sp³-hybridized carbons (Fsp3) is 0.471. The molecule has 20 heavy (non-hydrogen) atoms. The number of carbonyl (C=O) groups excluding carboxylic acids is 1. The monoisotopic (exact) mass is 273 g/mol. The van der Waals surface area contributed by atoms with Crippen molar-refractivity contribution in [2.24, 2.45) is 5.92 Å². The molecule has 0 aliphatic rings. The third-order valence-corrected chi connectivity index (χ3v) is 3.56. The van der Waals surface area contributed by atoms with Gasteiger partial charge in [-0.15, -0.1) is 11.8 Å². The summed E-state index contributed by atoms with van der Waals surface area (Å²) >= 11 is 0. The summed E-state index contributed by atoms with van der Waals surface area (Å²) in [5.41, 5.74) is 0.820. The van der Waals surface area contributed by atoms with E-state index in [4.69, 9.17) is 0 Å². The van der Waals surface area contributed by atoms with Crippen molar-refractivity contribution < 1.29 is 9.90 Å². The Labute approximate surface area is 121 Å². The molecule has 0 saturated carbocycles. The summed E-state index contributed by atoms with van der Waals surface area (Å²) in [4.78, 5) is 13.9. The van der Waals surface area contributed by atoms with E-state index in [0.717, 1.165) is 5.56 Å². The maximum absolute atomic E-state index is 12.3. The van der Waals surface area contributed by atoms with Gasteiger partial charge in [-0.2, -0.15) is 0 Å². The van der Waals surface area contributed by atoms with Gasteiger partial charge in [0.25, 0.3) is 0 Å². The minimum absolute atomic E-state index is 0.00947. The highest BCUT2D eigenvalue weighted by Gasteiger charge is 2.26. The molecule has 0 aromatic heterocycles. The molecule has 0 aliphatic heterocycles. The molecule has 0 fully saturated rings. The van der Waals surface area contributed by atoms with Crippen molar-refractivity contribution in [1.82, 2.24) is 4.90 Å². The Morgan fingerprint density at radius 1 is 1.30 bits per heavy atom. The lowest BCUT2D eigenvalue weighted by Crippen LogP contribution is -2.41. The Morgan fingerprint density at radius 2 is 1.90 bits per heavy atom. The number of amides is 1. The lowest BCUT2D eigenvalue weighted by molar-refractivity contribution is -0.137. The van der Waals surface area contributed by atoms with Crippen molar-refractivity contribution in [3.05, 3.63) is 35.9 Å². The Balaban J connectivity index is 2.72. The highest BCUT2D eigenvalue weighted by molar-refractivity contribution is 5.78. The third kappa shape index (κ3) is 4.11. The van der Waals surface area contributed by atoms with Crippen LogP contribution in [0.4, 0.5) is 0 Å². The van der Waals surface area contributed by atoms with Crippen molar-refractivity contribution >= 4 is 5.91 Å². The number of nitrogens with zero attached hydrogens (tertiary/aromatic N) is 1. The van der Waals surface area contributed by atoms with Gasteiger partial charge in [-0.3, -0.25) is 4.79 Å². The number of aliphatic hydroxyl groups excluding tert-OH is 1. The van der Waals surface area contributed by atoms with Crippen LogP contribution in [0.25, 0.3) is 0 Å². The maximum Gasteiger partial charge on any atom is 0.226 e. The summed E-state index contributed by atoms with van der Waals surface area (Å²) in [5.74, 6) is 5.58. The van der Waals surface area contributed by atoms with E-state index in [1.807, 2.05) is 44.2 Å². The second kappa shape index (κ2) is 7.72. The molecule has 1 N–H and O–H groups in total. The smallest absolute Gasteiger partial charge is 0.226 e. The SMILES string of the molecule is CC#CC[C@H](C)C(=O)N(C)[C@H](C)[C@H](O)c1ccccc1. The zero-order valence-electron chi connectivity index (χ0n) is 12.6. The second-order valence-corrected chi connectivity index (χ2v) is 5.08. The van der Waals surface area contributed by atoms with Crippen LogP contribution in [0.3, 0.4) is 0 Å². The van der Waals surface area contributed by atoms with E-state index >= 15 is 0 Å². The molecule has 0 heterocycles. The zero-order valence-corrected chi connectivity index (χ0v) is 12.6. The normalized spacial score (nSPS) is 14.7. The highest BCUT2D eigenvalue weighted by atomic mass is 16.3. The van der Waals surface area contributed by atoms with E-state index < -0.39 is 6.10 Å². The minimum atomic E-state index is -0.686. The first-order chi connectivity index (χ1) is 9.49. The van der Waals surface area contributed by atoms with Gasteiger partial charge in [-0.25, -0.2) is 0 Å². The molecule has 0 saturated heterocycles. The van der Waals surface area contributed by atoms with Gasteiger partial charge in [-0.1, -0.05) is 37.3 Å². The standard InChI is InChI=1S/C17H23NO2/c1-5-6-10-13(2)17(20)18(4)14(3)16(19)15-11-8-7-9-12-15/h7-9,11-14,16,19H,10H2,1-4H3/t13-,14+,16-/m0/s1. The number of benzene rings is 1. The first kappa shape index (κ1) is 16.3.